The number of para-hydroxylation sites is 1. The van der Waals surface area contributed by atoms with Crippen LogP contribution in [0.3, 0.4) is 0 Å². The Hall–Kier alpha value is -4.07. The van der Waals surface area contributed by atoms with Crippen molar-refractivity contribution in [2.24, 2.45) is 0 Å². The quantitative estimate of drug-likeness (QED) is 0.306. The molecule has 0 N–H and O–H groups in total. The maximum atomic E-state index is 4.87. The molecule has 1 heterocycles. The van der Waals surface area contributed by atoms with E-state index in [1.54, 1.807) is 0 Å². The van der Waals surface area contributed by atoms with E-state index in [9.17, 15) is 0 Å². The van der Waals surface area contributed by atoms with Crippen LogP contribution in [0.5, 0.6) is 0 Å². The first-order valence-electron chi connectivity index (χ1n) is 11.3. The fraction of sp³-hybridized carbons (Fsp3) is 0. The van der Waals surface area contributed by atoms with Crippen LogP contribution in [0.4, 0.5) is 0 Å². The Morgan fingerprint density at radius 1 is 0.529 bits per heavy atom. The van der Waals surface area contributed by atoms with E-state index >= 15 is 0 Å². The minimum atomic E-state index is -0.910. The predicted molar refractivity (Wildman–Crippen MR) is 143 cm³/mol. The molecule has 1 aromatic heterocycles. The van der Waals surface area contributed by atoms with Gasteiger partial charge in [0.05, 0.1) is 5.69 Å². The van der Waals surface area contributed by atoms with E-state index in [1.165, 1.54) is 21.4 Å². The number of hydrogen-bond acceptors (Lipinski definition) is 2. The Bertz CT molecular complexity index is 1500. The highest BCUT2D eigenvalue weighted by Gasteiger charge is 2.27. The Labute approximate surface area is 200 Å². The number of aromatic nitrogens is 3. The molecule has 5 aromatic carbocycles. The van der Waals surface area contributed by atoms with Crippen molar-refractivity contribution < 1.29 is 0 Å². The van der Waals surface area contributed by atoms with E-state index < -0.39 is 7.92 Å². The fourth-order valence-electron chi connectivity index (χ4n) is 4.39. The zero-order chi connectivity index (χ0) is 22.7. The van der Waals surface area contributed by atoms with Crippen molar-refractivity contribution in [3.63, 3.8) is 0 Å². The highest BCUT2D eigenvalue weighted by molar-refractivity contribution is 7.79. The molecule has 0 aliphatic rings. The third-order valence-corrected chi connectivity index (χ3v) is 8.29. The molecule has 6 aromatic rings. The summed E-state index contributed by atoms with van der Waals surface area (Å²) in [5.74, 6) is 0. The van der Waals surface area contributed by atoms with Gasteiger partial charge >= 0.3 is 0 Å². The summed E-state index contributed by atoms with van der Waals surface area (Å²) in [6, 6.07) is 46.6. The Morgan fingerprint density at radius 2 is 1.09 bits per heavy atom. The summed E-state index contributed by atoms with van der Waals surface area (Å²) in [7, 11) is -0.910. The van der Waals surface area contributed by atoms with Gasteiger partial charge in [0.15, 0.2) is 0 Å². The smallest absolute Gasteiger partial charge is 0.123 e. The second-order valence-electron chi connectivity index (χ2n) is 8.04. The second-order valence-corrected chi connectivity index (χ2v) is 10.2. The number of nitrogens with zero attached hydrogens (tertiary/aromatic N) is 3. The Balaban J connectivity index is 1.68. The van der Waals surface area contributed by atoms with Gasteiger partial charge in [-0.15, -0.1) is 5.10 Å². The molecular weight excluding hydrogens is 433 g/mol. The standard InChI is InChI=1S/C30H22N3P/c1-4-15-24(16-5-1)33-29(28-22-12-14-23-13-10-11-21-27(23)28)30(31-32-33)34(25-17-6-2-7-18-25)26-19-8-3-9-20-26/h1-22H. The molecule has 0 unspecified atom stereocenters. The van der Waals surface area contributed by atoms with Crippen LogP contribution in [0.25, 0.3) is 27.7 Å². The van der Waals surface area contributed by atoms with E-state index in [2.05, 4.69) is 115 Å². The molecule has 0 spiro atoms. The van der Waals surface area contributed by atoms with Gasteiger partial charge in [0.1, 0.15) is 11.1 Å². The van der Waals surface area contributed by atoms with E-state index in [0.29, 0.717) is 0 Å². The lowest BCUT2D eigenvalue weighted by molar-refractivity contribution is 0.810. The van der Waals surface area contributed by atoms with Gasteiger partial charge < -0.3 is 0 Å². The Morgan fingerprint density at radius 3 is 1.76 bits per heavy atom. The van der Waals surface area contributed by atoms with Crippen LogP contribution in [0.2, 0.25) is 0 Å². The molecule has 0 bridgehead atoms. The van der Waals surface area contributed by atoms with Crippen LogP contribution in [0.15, 0.2) is 133 Å². The largest absolute Gasteiger partial charge is 0.212 e. The van der Waals surface area contributed by atoms with Crippen molar-refractivity contribution in [1.82, 2.24) is 15.0 Å². The molecule has 4 heteroatoms. The van der Waals surface area contributed by atoms with Crippen molar-refractivity contribution in [1.29, 1.82) is 0 Å². The van der Waals surface area contributed by atoms with Crippen LogP contribution in [-0.4, -0.2) is 15.0 Å². The van der Waals surface area contributed by atoms with Gasteiger partial charge in [-0.05, 0) is 33.5 Å². The lowest BCUT2D eigenvalue weighted by Crippen LogP contribution is -2.23. The number of hydrogen-bond donors (Lipinski definition) is 0. The summed E-state index contributed by atoms with van der Waals surface area (Å²) >= 11 is 0. The zero-order valence-electron chi connectivity index (χ0n) is 18.5. The molecule has 6 rings (SSSR count). The van der Waals surface area contributed by atoms with Gasteiger partial charge in [0, 0.05) is 13.5 Å². The Kier molecular flexibility index (Phi) is 5.47. The van der Waals surface area contributed by atoms with E-state index in [-0.39, 0.29) is 0 Å². The van der Waals surface area contributed by atoms with Crippen LogP contribution >= 0.6 is 7.92 Å². The van der Waals surface area contributed by atoms with Crippen LogP contribution in [0.1, 0.15) is 0 Å². The molecule has 162 valence electrons. The molecular formula is C30H22N3P. The van der Waals surface area contributed by atoms with E-state index in [0.717, 1.165) is 22.4 Å². The van der Waals surface area contributed by atoms with Crippen LogP contribution < -0.4 is 16.0 Å². The first kappa shape index (κ1) is 20.5. The van der Waals surface area contributed by atoms with Crippen molar-refractivity contribution in [3.8, 4) is 16.9 Å². The average molecular weight is 456 g/mol. The third kappa shape index (κ3) is 3.71. The van der Waals surface area contributed by atoms with Crippen LogP contribution in [0, 0.1) is 0 Å². The lowest BCUT2D eigenvalue weighted by atomic mass is 10.0. The van der Waals surface area contributed by atoms with Crippen LogP contribution in [-0.2, 0) is 0 Å². The van der Waals surface area contributed by atoms with Gasteiger partial charge in [-0.3, -0.25) is 0 Å². The molecule has 0 aliphatic carbocycles. The van der Waals surface area contributed by atoms with Gasteiger partial charge in [-0.1, -0.05) is 127 Å². The number of benzene rings is 5. The second kappa shape index (κ2) is 9.05. The minimum Gasteiger partial charge on any atom is -0.212 e. The third-order valence-electron chi connectivity index (χ3n) is 5.94. The van der Waals surface area contributed by atoms with Crippen molar-refractivity contribution >= 4 is 34.7 Å². The molecule has 0 saturated carbocycles. The molecule has 34 heavy (non-hydrogen) atoms. The fourth-order valence-corrected chi connectivity index (χ4v) is 6.67. The summed E-state index contributed by atoms with van der Waals surface area (Å²) in [6.45, 7) is 0. The molecule has 0 radical (unpaired) electrons. The minimum absolute atomic E-state index is 0.910. The van der Waals surface area contributed by atoms with Crippen molar-refractivity contribution in [3.05, 3.63) is 133 Å². The molecule has 0 amide bonds. The summed E-state index contributed by atoms with van der Waals surface area (Å²) in [6.07, 6.45) is 0. The number of rotatable bonds is 5. The van der Waals surface area contributed by atoms with E-state index in [1.807, 2.05) is 22.9 Å². The maximum Gasteiger partial charge on any atom is 0.123 e. The van der Waals surface area contributed by atoms with Crippen molar-refractivity contribution in [2.45, 2.75) is 0 Å². The molecule has 0 atom stereocenters. The first-order chi connectivity index (χ1) is 16.9. The maximum absolute atomic E-state index is 4.87. The predicted octanol–water partition coefficient (Wildman–Crippen LogP) is 5.85. The summed E-state index contributed by atoms with van der Waals surface area (Å²) in [5, 5.41) is 14.5. The normalized spacial score (nSPS) is 11.2. The average Bonchev–Trinajstić information content (AvgIpc) is 3.34. The summed E-state index contributed by atoms with van der Waals surface area (Å²) < 4.78 is 2.00. The summed E-state index contributed by atoms with van der Waals surface area (Å²) in [4.78, 5) is 0. The van der Waals surface area contributed by atoms with Crippen molar-refractivity contribution in [2.75, 3.05) is 0 Å². The molecule has 0 aliphatic heterocycles. The topological polar surface area (TPSA) is 30.7 Å². The first-order valence-corrected chi connectivity index (χ1v) is 12.6. The molecule has 3 nitrogen and oxygen atoms in total. The molecule has 0 fully saturated rings. The summed E-state index contributed by atoms with van der Waals surface area (Å²) in [5.41, 5.74) is 4.19. The highest BCUT2D eigenvalue weighted by Crippen LogP contribution is 2.38. The van der Waals surface area contributed by atoms with E-state index in [4.69, 9.17) is 10.3 Å². The molecule has 0 saturated heterocycles. The van der Waals surface area contributed by atoms with Gasteiger partial charge in [-0.2, -0.15) is 0 Å². The monoisotopic (exact) mass is 455 g/mol. The number of fused-ring (bicyclic) bond motifs is 1. The lowest BCUT2D eigenvalue weighted by Gasteiger charge is -2.19. The van der Waals surface area contributed by atoms with Gasteiger partial charge in [-0.25, -0.2) is 4.68 Å². The van der Waals surface area contributed by atoms with Gasteiger partial charge in [0.2, 0.25) is 0 Å². The SMILES string of the molecule is c1ccc(-n2nnc(P(c3ccccc3)c3ccccc3)c2-c2cccc3ccccc23)cc1. The zero-order valence-corrected chi connectivity index (χ0v) is 19.4. The highest BCUT2D eigenvalue weighted by atomic mass is 31.1. The van der Waals surface area contributed by atoms with Gasteiger partial charge in [0.25, 0.3) is 0 Å².